The van der Waals surface area contributed by atoms with Crippen LogP contribution in [0.3, 0.4) is 0 Å². The van der Waals surface area contributed by atoms with E-state index in [2.05, 4.69) is 40.2 Å². The van der Waals surface area contributed by atoms with E-state index < -0.39 is 11.7 Å². The maximum absolute atomic E-state index is 12.9. The van der Waals surface area contributed by atoms with Crippen LogP contribution >= 0.6 is 0 Å². The lowest BCUT2D eigenvalue weighted by atomic mass is 9.97. The fourth-order valence-corrected chi connectivity index (χ4v) is 3.62. The summed E-state index contributed by atoms with van der Waals surface area (Å²) in [6, 6.07) is 14.2. The molecular formula is C22H21F3N2. The topological polar surface area (TPSA) is 19.0 Å². The minimum atomic E-state index is -4.29. The van der Waals surface area contributed by atoms with Crippen molar-refractivity contribution in [3.05, 3.63) is 77.5 Å². The van der Waals surface area contributed by atoms with Crippen molar-refractivity contribution in [2.45, 2.75) is 19.0 Å². The van der Waals surface area contributed by atoms with Gasteiger partial charge in [0.05, 0.1) is 5.56 Å². The maximum Gasteiger partial charge on any atom is 0.416 e. The molecule has 4 rings (SSSR count). The zero-order chi connectivity index (χ0) is 18.9. The Kier molecular flexibility index (Phi) is 4.79. The van der Waals surface area contributed by atoms with Crippen LogP contribution in [-0.4, -0.2) is 29.5 Å². The highest BCUT2D eigenvalue weighted by Gasteiger charge is 2.30. The average Bonchev–Trinajstić information content (AvgIpc) is 3.14. The van der Waals surface area contributed by atoms with Crippen LogP contribution in [0.5, 0.6) is 0 Å². The van der Waals surface area contributed by atoms with E-state index in [0.29, 0.717) is 5.56 Å². The molecule has 0 radical (unpaired) electrons. The number of aromatic nitrogens is 1. The summed E-state index contributed by atoms with van der Waals surface area (Å²) in [5.41, 5.74) is 3.55. The van der Waals surface area contributed by atoms with Crippen molar-refractivity contribution < 1.29 is 13.2 Å². The van der Waals surface area contributed by atoms with Gasteiger partial charge in [0.1, 0.15) is 0 Å². The van der Waals surface area contributed by atoms with Gasteiger partial charge in [-0.2, -0.15) is 13.2 Å². The van der Waals surface area contributed by atoms with Gasteiger partial charge in [0, 0.05) is 31.3 Å². The predicted molar refractivity (Wildman–Crippen MR) is 102 cm³/mol. The SMILES string of the molecule is FC(F)(F)c1cccc(C2=CCN(CCc3ccc4[nH]ccc4c3)CC2)c1. The van der Waals surface area contributed by atoms with Gasteiger partial charge in [-0.1, -0.05) is 24.3 Å². The Morgan fingerprint density at radius 3 is 2.70 bits per heavy atom. The minimum Gasteiger partial charge on any atom is -0.361 e. The van der Waals surface area contributed by atoms with Gasteiger partial charge in [0.25, 0.3) is 0 Å². The number of H-pyrrole nitrogens is 1. The molecule has 0 fully saturated rings. The van der Waals surface area contributed by atoms with Crippen molar-refractivity contribution in [3.8, 4) is 0 Å². The first-order valence-electron chi connectivity index (χ1n) is 9.14. The summed E-state index contributed by atoms with van der Waals surface area (Å²) < 4.78 is 38.7. The van der Waals surface area contributed by atoms with Crippen LogP contribution in [0.15, 0.2) is 60.8 Å². The molecule has 2 aromatic carbocycles. The van der Waals surface area contributed by atoms with Gasteiger partial charge in [0.2, 0.25) is 0 Å². The number of alkyl halides is 3. The molecule has 3 aromatic rings. The molecule has 140 valence electrons. The Bertz CT molecular complexity index is 969. The first-order valence-corrected chi connectivity index (χ1v) is 9.14. The molecule has 1 N–H and O–H groups in total. The Balaban J connectivity index is 1.38. The Hall–Kier alpha value is -2.53. The average molecular weight is 370 g/mol. The van der Waals surface area contributed by atoms with Crippen LogP contribution in [0, 0.1) is 0 Å². The predicted octanol–water partition coefficient (Wildman–Crippen LogP) is 5.52. The lowest BCUT2D eigenvalue weighted by Crippen LogP contribution is -2.30. The monoisotopic (exact) mass is 370 g/mol. The number of rotatable bonds is 4. The van der Waals surface area contributed by atoms with Crippen molar-refractivity contribution in [1.82, 2.24) is 9.88 Å². The van der Waals surface area contributed by atoms with Crippen molar-refractivity contribution in [3.63, 3.8) is 0 Å². The minimum absolute atomic E-state index is 0.580. The molecule has 0 aliphatic carbocycles. The molecular weight excluding hydrogens is 349 g/mol. The third kappa shape index (κ3) is 4.08. The molecule has 0 bridgehead atoms. The molecule has 27 heavy (non-hydrogen) atoms. The zero-order valence-corrected chi connectivity index (χ0v) is 14.9. The molecule has 0 saturated heterocycles. The van der Waals surface area contributed by atoms with E-state index in [9.17, 15) is 13.2 Å². The second kappa shape index (κ2) is 7.24. The number of halogens is 3. The van der Waals surface area contributed by atoms with E-state index in [4.69, 9.17) is 0 Å². The number of hydrogen-bond donors (Lipinski definition) is 1. The van der Waals surface area contributed by atoms with Gasteiger partial charge >= 0.3 is 6.18 Å². The van der Waals surface area contributed by atoms with Crippen molar-refractivity contribution in [2.24, 2.45) is 0 Å². The highest BCUT2D eigenvalue weighted by Crippen LogP contribution is 2.32. The second-order valence-corrected chi connectivity index (χ2v) is 7.01. The summed E-state index contributed by atoms with van der Waals surface area (Å²) in [6.07, 6.45) is 1.46. The summed E-state index contributed by atoms with van der Waals surface area (Å²) >= 11 is 0. The van der Waals surface area contributed by atoms with Crippen LogP contribution in [-0.2, 0) is 12.6 Å². The summed E-state index contributed by atoms with van der Waals surface area (Å²) in [6.45, 7) is 2.59. The standard InChI is InChI=1S/C22H21F3N2/c23-22(24,25)20-3-1-2-18(15-20)17-8-12-27(13-9-17)11-7-16-4-5-21-19(14-16)6-10-26-21/h1-6,8,10,14-15,26H,7,9,11-13H2. The normalized spacial score (nSPS) is 15.9. The van der Waals surface area contributed by atoms with E-state index in [-0.39, 0.29) is 0 Å². The largest absolute Gasteiger partial charge is 0.416 e. The van der Waals surface area contributed by atoms with Gasteiger partial charge in [-0.25, -0.2) is 0 Å². The van der Waals surface area contributed by atoms with Gasteiger partial charge in [-0.05, 0) is 65.3 Å². The van der Waals surface area contributed by atoms with E-state index in [1.54, 1.807) is 6.07 Å². The number of fused-ring (bicyclic) bond motifs is 1. The van der Waals surface area contributed by atoms with Gasteiger partial charge in [0.15, 0.2) is 0 Å². The number of nitrogens with zero attached hydrogens (tertiary/aromatic N) is 1. The first-order chi connectivity index (χ1) is 13.0. The van der Waals surface area contributed by atoms with E-state index in [1.165, 1.54) is 23.1 Å². The number of hydrogen-bond acceptors (Lipinski definition) is 1. The molecule has 2 nitrogen and oxygen atoms in total. The maximum atomic E-state index is 12.9. The summed E-state index contributed by atoms with van der Waals surface area (Å²) in [5, 5.41) is 1.22. The fraction of sp³-hybridized carbons (Fsp3) is 0.273. The molecule has 1 aliphatic heterocycles. The van der Waals surface area contributed by atoms with Crippen LogP contribution in [0.25, 0.3) is 16.5 Å². The molecule has 2 heterocycles. The molecule has 5 heteroatoms. The van der Waals surface area contributed by atoms with Gasteiger partial charge in [-0.15, -0.1) is 0 Å². The smallest absolute Gasteiger partial charge is 0.361 e. The molecule has 0 unspecified atom stereocenters. The number of nitrogens with one attached hydrogen (secondary N) is 1. The van der Waals surface area contributed by atoms with Crippen LogP contribution < -0.4 is 0 Å². The molecule has 0 atom stereocenters. The van der Waals surface area contributed by atoms with E-state index in [1.807, 2.05) is 6.20 Å². The Morgan fingerprint density at radius 1 is 1.04 bits per heavy atom. The Morgan fingerprint density at radius 2 is 1.93 bits per heavy atom. The van der Waals surface area contributed by atoms with Crippen molar-refractivity contribution in [1.29, 1.82) is 0 Å². The van der Waals surface area contributed by atoms with Gasteiger partial charge < -0.3 is 4.98 Å². The van der Waals surface area contributed by atoms with Crippen LogP contribution in [0.4, 0.5) is 13.2 Å². The number of aromatic amines is 1. The Labute approximate surface area is 156 Å². The third-order valence-corrected chi connectivity index (χ3v) is 5.19. The third-order valence-electron chi connectivity index (χ3n) is 5.19. The van der Waals surface area contributed by atoms with Crippen molar-refractivity contribution >= 4 is 16.5 Å². The van der Waals surface area contributed by atoms with Crippen LogP contribution in [0.1, 0.15) is 23.1 Å². The summed E-state index contributed by atoms with van der Waals surface area (Å²) in [5.74, 6) is 0. The number of benzene rings is 2. The zero-order valence-electron chi connectivity index (χ0n) is 14.9. The van der Waals surface area contributed by atoms with E-state index in [0.717, 1.165) is 49.6 Å². The molecule has 1 aliphatic rings. The lowest BCUT2D eigenvalue weighted by Gasteiger charge is -2.26. The summed E-state index contributed by atoms with van der Waals surface area (Å²) in [7, 11) is 0. The quantitative estimate of drug-likeness (QED) is 0.641. The first kappa shape index (κ1) is 17.9. The highest BCUT2D eigenvalue weighted by molar-refractivity contribution is 5.79. The molecule has 0 saturated carbocycles. The fourth-order valence-electron chi connectivity index (χ4n) is 3.62. The molecule has 1 aromatic heterocycles. The van der Waals surface area contributed by atoms with Gasteiger partial charge in [-0.3, -0.25) is 4.90 Å². The second-order valence-electron chi connectivity index (χ2n) is 7.01. The molecule has 0 amide bonds. The lowest BCUT2D eigenvalue weighted by molar-refractivity contribution is -0.137. The summed E-state index contributed by atoms with van der Waals surface area (Å²) in [4.78, 5) is 5.54. The van der Waals surface area contributed by atoms with E-state index >= 15 is 0 Å². The van der Waals surface area contributed by atoms with Crippen LogP contribution in [0.2, 0.25) is 0 Å². The van der Waals surface area contributed by atoms with Crippen molar-refractivity contribution in [2.75, 3.05) is 19.6 Å². The highest BCUT2D eigenvalue weighted by atomic mass is 19.4. The molecule has 0 spiro atoms.